The number of carbonyl (C=O) groups is 2. The van der Waals surface area contributed by atoms with Gasteiger partial charge < -0.3 is 9.80 Å². The van der Waals surface area contributed by atoms with Crippen LogP contribution in [-0.4, -0.2) is 66.8 Å². The van der Waals surface area contributed by atoms with Crippen LogP contribution in [0.2, 0.25) is 0 Å². The van der Waals surface area contributed by atoms with Gasteiger partial charge in [-0.25, -0.2) is 16.8 Å². The zero-order valence-corrected chi connectivity index (χ0v) is 43.1. The number of benzene rings is 2. The monoisotopic (exact) mass is 1080 g/mol. The maximum absolute atomic E-state index is 13.8. The number of likely N-dealkylation sites (N-methyl/N-ethyl adjacent to an activating group) is 1. The molecule has 0 aliphatic carbocycles. The van der Waals surface area contributed by atoms with Crippen LogP contribution in [0.1, 0.15) is 71.9 Å². The summed E-state index contributed by atoms with van der Waals surface area (Å²) < 4.78 is 56.2. The summed E-state index contributed by atoms with van der Waals surface area (Å²) in [7, 11) is -6.04. The Labute approximate surface area is 404 Å². The molecule has 0 aliphatic heterocycles. The van der Waals surface area contributed by atoms with E-state index in [-0.39, 0.29) is 21.6 Å². The molecule has 340 valence electrons. The van der Waals surface area contributed by atoms with E-state index in [1.54, 1.807) is 116 Å². The largest absolute Gasteiger partial charge is 0.331 e. The highest BCUT2D eigenvalue weighted by molar-refractivity contribution is 14.1. The van der Waals surface area contributed by atoms with E-state index in [0.29, 0.717) is 39.0 Å². The van der Waals surface area contributed by atoms with Gasteiger partial charge >= 0.3 is 0 Å². The molecule has 17 heteroatoms. The van der Waals surface area contributed by atoms with E-state index in [9.17, 15) is 26.4 Å². The van der Waals surface area contributed by atoms with Crippen LogP contribution in [0.3, 0.4) is 0 Å². The van der Waals surface area contributed by atoms with Crippen molar-refractivity contribution in [3.05, 3.63) is 150 Å². The van der Waals surface area contributed by atoms with Crippen molar-refractivity contribution in [1.29, 1.82) is 0 Å². The molecule has 2 atom stereocenters. The minimum absolute atomic E-state index is 0.155. The summed E-state index contributed by atoms with van der Waals surface area (Å²) in [6.45, 7) is 5.94. The predicted octanol–water partition coefficient (Wildman–Crippen LogP) is 11.1. The zero-order chi connectivity index (χ0) is 45.7. The third-order valence-electron chi connectivity index (χ3n) is 9.80. The lowest BCUT2D eigenvalue weighted by molar-refractivity contribution is -0.136. The third-order valence-corrected chi connectivity index (χ3v) is 16.6. The minimum atomic E-state index is -3.78. The second-order valence-electron chi connectivity index (χ2n) is 14.3. The topological polar surface area (TPSA) is 124 Å². The Kier molecular flexibility index (Phi) is 22.7. The van der Waals surface area contributed by atoms with Crippen molar-refractivity contribution >= 4 is 99.8 Å². The van der Waals surface area contributed by atoms with Gasteiger partial charge in [0, 0.05) is 26.6 Å². The summed E-state index contributed by atoms with van der Waals surface area (Å²) in [5, 5.41) is 7.94. The number of amides is 2. The van der Waals surface area contributed by atoms with Gasteiger partial charge in [-0.3, -0.25) is 9.59 Å². The molecule has 10 nitrogen and oxygen atoms in total. The lowest BCUT2D eigenvalue weighted by Gasteiger charge is -2.32. The van der Waals surface area contributed by atoms with Crippen LogP contribution in [0, 0.1) is 0 Å². The summed E-state index contributed by atoms with van der Waals surface area (Å²) in [6.07, 6.45) is 4.26. The first kappa shape index (κ1) is 52.4. The van der Waals surface area contributed by atoms with Crippen LogP contribution in [0.15, 0.2) is 141 Å². The Hall–Kier alpha value is -3.27. The molecule has 1 N–H and O–H groups in total. The lowest BCUT2D eigenvalue weighted by Crippen LogP contribution is -2.48. The van der Waals surface area contributed by atoms with Crippen LogP contribution in [0.25, 0.3) is 0 Å². The SMILES string of the molecule is CCCC[C@@H](C(=O)N(Cc1cccs1)Cc1cccs1)N(C)S(=O)(=O)c1ccccc1.CCCC[C@H](NS(=O)(=O)c1ccccc1)C(=O)N(Cc1cccs1)Cc1cccs1.CI. The number of carbonyl (C=O) groups excluding carboxylic acids is 2. The number of thiophene rings is 4. The zero-order valence-electron chi connectivity index (χ0n) is 36.0. The number of nitrogens with zero attached hydrogens (tertiary/aromatic N) is 3. The van der Waals surface area contributed by atoms with Crippen molar-refractivity contribution in [2.24, 2.45) is 0 Å². The van der Waals surface area contributed by atoms with E-state index in [1.165, 1.54) is 11.4 Å². The summed E-state index contributed by atoms with van der Waals surface area (Å²) in [4.78, 5) is 37.4. The molecule has 0 spiro atoms. The number of alkyl halides is 1. The van der Waals surface area contributed by atoms with Crippen molar-refractivity contribution in [3.63, 3.8) is 0 Å². The number of unbranched alkanes of at least 4 members (excludes halogenated alkanes) is 2. The summed E-state index contributed by atoms with van der Waals surface area (Å²) >= 11 is 8.53. The van der Waals surface area contributed by atoms with Crippen LogP contribution in [0.5, 0.6) is 0 Å². The number of sulfonamides is 2. The molecule has 0 saturated heterocycles. The van der Waals surface area contributed by atoms with E-state index in [2.05, 4.69) is 27.3 Å². The lowest BCUT2D eigenvalue weighted by atomic mass is 10.1. The van der Waals surface area contributed by atoms with Crippen LogP contribution in [-0.2, 0) is 55.8 Å². The van der Waals surface area contributed by atoms with Crippen molar-refractivity contribution in [2.75, 3.05) is 12.0 Å². The molecule has 0 aliphatic rings. The Morgan fingerprint density at radius 2 is 0.937 bits per heavy atom. The number of rotatable bonds is 22. The Morgan fingerprint density at radius 3 is 1.32 bits per heavy atom. The summed E-state index contributed by atoms with van der Waals surface area (Å²) in [6, 6.07) is 30.8. The van der Waals surface area contributed by atoms with Crippen molar-refractivity contribution in [2.45, 2.75) is 100 Å². The van der Waals surface area contributed by atoms with Gasteiger partial charge in [0.15, 0.2) is 0 Å². The van der Waals surface area contributed by atoms with E-state index < -0.39 is 32.1 Å². The van der Waals surface area contributed by atoms with Crippen molar-refractivity contribution in [1.82, 2.24) is 18.8 Å². The molecular weight excluding hydrogens is 1020 g/mol. The smallest absolute Gasteiger partial charge is 0.243 e. The third kappa shape index (κ3) is 16.3. The number of nitrogens with one attached hydrogen (secondary N) is 1. The number of hydrogen-bond acceptors (Lipinski definition) is 10. The maximum Gasteiger partial charge on any atom is 0.243 e. The first-order valence-electron chi connectivity index (χ1n) is 20.6. The molecule has 6 rings (SSSR count). The molecule has 0 bridgehead atoms. The molecule has 6 aromatic rings. The summed E-state index contributed by atoms with van der Waals surface area (Å²) in [5.74, 6) is -0.345. The second kappa shape index (κ2) is 27.3. The Morgan fingerprint density at radius 1 is 0.556 bits per heavy atom. The molecule has 0 fully saturated rings. The minimum Gasteiger partial charge on any atom is -0.331 e. The molecule has 4 aromatic heterocycles. The fraction of sp³-hybridized carbons (Fsp3) is 0.348. The summed E-state index contributed by atoms with van der Waals surface area (Å²) in [5.41, 5.74) is 0. The van der Waals surface area contributed by atoms with Crippen LogP contribution >= 0.6 is 67.9 Å². The molecule has 2 aromatic carbocycles. The number of hydrogen-bond donors (Lipinski definition) is 1. The first-order chi connectivity index (χ1) is 30.4. The van der Waals surface area contributed by atoms with Gasteiger partial charge in [0.05, 0.1) is 36.0 Å². The van der Waals surface area contributed by atoms with Crippen LogP contribution < -0.4 is 4.72 Å². The standard InChI is InChI=1S/C23H28N2O3S3.C22H26N2O3S3.CH3I/c1-3-4-14-22(24(2)31(27,28)21-12-6-5-7-13-21)23(26)25(17-19-10-8-15-29-19)18-20-11-9-16-30-20;1-2-3-13-21(23-30(26,27)20-11-5-4-6-12-20)22(25)24(16-18-9-7-14-28-18)17-19-10-8-15-29-19;1-2/h5-13,15-16,22H,3-4,14,17-18H2,1-2H3;4-12,14-15,21,23H,2-3,13,16-17H2,1H3;1H3/t22-;21-;/m00./s1. The maximum atomic E-state index is 13.8. The fourth-order valence-corrected chi connectivity index (χ4v) is 12.0. The molecule has 0 unspecified atom stereocenters. The van der Waals surface area contributed by atoms with Gasteiger partial charge in [-0.05, 0) is 87.8 Å². The highest BCUT2D eigenvalue weighted by Gasteiger charge is 2.35. The molecule has 0 radical (unpaired) electrons. The van der Waals surface area contributed by atoms with Gasteiger partial charge in [-0.15, -0.1) is 45.3 Å². The van der Waals surface area contributed by atoms with E-state index in [1.807, 2.05) is 88.8 Å². The quantitative estimate of drug-likeness (QED) is 0.0533. The van der Waals surface area contributed by atoms with Gasteiger partial charge in [0.2, 0.25) is 31.9 Å². The van der Waals surface area contributed by atoms with Crippen LogP contribution in [0.4, 0.5) is 0 Å². The predicted molar refractivity (Wildman–Crippen MR) is 271 cm³/mol. The molecule has 2 amide bonds. The molecular formula is C46H57IN4O6S6. The number of halogens is 1. The van der Waals surface area contributed by atoms with Crippen molar-refractivity contribution in [3.8, 4) is 0 Å². The first-order valence-corrected chi connectivity index (χ1v) is 29.2. The van der Waals surface area contributed by atoms with Gasteiger partial charge in [-0.1, -0.05) is 123 Å². The normalized spacial score (nSPS) is 12.3. The van der Waals surface area contributed by atoms with E-state index in [4.69, 9.17) is 0 Å². The molecule has 4 heterocycles. The molecule has 0 saturated carbocycles. The van der Waals surface area contributed by atoms with E-state index >= 15 is 0 Å². The highest BCUT2D eigenvalue weighted by Crippen LogP contribution is 2.25. The average molecular weight is 1080 g/mol. The molecule has 63 heavy (non-hydrogen) atoms. The highest BCUT2D eigenvalue weighted by atomic mass is 127. The second-order valence-corrected chi connectivity index (χ2v) is 22.2. The van der Waals surface area contributed by atoms with Crippen molar-refractivity contribution < 1.29 is 26.4 Å². The fourth-order valence-electron chi connectivity index (χ4n) is 6.50. The van der Waals surface area contributed by atoms with E-state index in [0.717, 1.165) is 45.2 Å². The Balaban J connectivity index is 0.000000266. The van der Waals surface area contributed by atoms with Gasteiger partial charge in [-0.2, -0.15) is 9.03 Å². The Bertz CT molecular complexity index is 2310. The average Bonchev–Trinajstić information content (AvgIpc) is 4.17. The van der Waals surface area contributed by atoms with Gasteiger partial charge in [0.25, 0.3) is 0 Å². The van der Waals surface area contributed by atoms with Gasteiger partial charge in [0.1, 0.15) is 12.1 Å².